The van der Waals surface area contributed by atoms with E-state index < -0.39 is 0 Å². The number of nitrogens with one attached hydrogen (secondary N) is 2. The van der Waals surface area contributed by atoms with E-state index in [1.165, 1.54) is 25.9 Å². The Hall–Kier alpha value is -2.90. The minimum Gasteiger partial charge on any atom is -0.508 e. The van der Waals surface area contributed by atoms with Crippen molar-refractivity contribution in [3.63, 3.8) is 0 Å². The summed E-state index contributed by atoms with van der Waals surface area (Å²) in [5.41, 5.74) is 2.66. The predicted octanol–water partition coefficient (Wildman–Crippen LogP) is 4.43. The van der Waals surface area contributed by atoms with Gasteiger partial charge in [0.15, 0.2) is 0 Å². The fraction of sp³-hybridized carbons (Fsp3) is 0.440. The molecule has 0 spiro atoms. The zero-order chi connectivity index (χ0) is 22.3. The summed E-state index contributed by atoms with van der Waals surface area (Å²) in [5.74, 6) is 1.71. The van der Waals surface area contributed by atoms with Crippen LogP contribution in [0.4, 0.5) is 17.5 Å². The van der Waals surface area contributed by atoms with Gasteiger partial charge in [0.05, 0.1) is 5.52 Å². The van der Waals surface area contributed by atoms with Crippen LogP contribution in [-0.4, -0.2) is 64.1 Å². The molecule has 0 bridgehead atoms. The largest absolute Gasteiger partial charge is 0.508 e. The van der Waals surface area contributed by atoms with Crippen molar-refractivity contribution >= 4 is 28.4 Å². The van der Waals surface area contributed by atoms with Gasteiger partial charge < -0.3 is 20.6 Å². The third-order valence-electron chi connectivity index (χ3n) is 6.15. The van der Waals surface area contributed by atoms with Crippen LogP contribution in [0.2, 0.25) is 0 Å². The Balaban J connectivity index is 1.53. The molecule has 4 rings (SSSR count). The molecule has 2 aromatic carbocycles. The highest BCUT2D eigenvalue weighted by atomic mass is 16.3. The number of aromatic hydroxyl groups is 1. The molecule has 170 valence electrons. The number of anilines is 3. The van der Waals surface area contributed by atoms with Gasteiger partial charge in [-0.3, -0.25) is 4.90 Å². The van der Waals surface area contributed by atoms with Gasteiger partial charge in [0.25, 0.3) is 0 Å². The molecule has 3 aromatic rings. The highest BCUT2D eigenvalue weighted by Gasteiger charge is 2.13. The lowest BCUT2D eigenvalue weighted by Gasteiger charge is -2.19. The number of aromatic nitrogens is 2. The fourth-order valence-electron chi connectivity index (χ4n) is 4.21. The average molecular weight is 435 g/mol. The molecule has 1 fully saturated rings. The summed E-state index contributed by atoms with van der Waals surface area (Å²) in [4.78, 5) is 14.3. The van der Waals surface area contributed by atoms with E-state index in [2.05, 4.69) is 40.3 Å². The molecular weight excluding hydrogens is 400 g/mol. The first kappa shape index (κ1) is 22.3. The standard InChI is InChI=1S/C25H34N6O/c1-3-30(4-2)18-19-17-20(11-12-23(19)32)27-25-28-22-10-6-5-9-21(22)24(29-25)26-13-16-31-14-7-8-15-31/h5-6,9-12,17,32H,3-4,7-8,13-16,18H2,1-2H3,(H2,26,27,28,29). The first-order valence-electron chi connectivity index (χ1n) is 11.7. The van der Waals surface area contributed by atoms with Gasteiger partial charge >= 0.3 is 0 Å². The molecule has 1 saturated heterocycles. The third kappa shape index (κ3) is 5.47. The Bertz CT molecular complexity index is 1030. The van der Waals surface area contributed by atoms with E-state index >= 15 is 0 Å². The smallest absolute Gasteiger partial charge is 0.229 e. The van der Waals surface area contributed by atoms with Gasteiger partial charge in [-0.25, -0.2) is 4.98 Å². The van der Waals surface area contributed by atoms with Crippen molar-refractivity contribution in [3.05, 3.63) is 48.0 Å². The SMILES string of the molecule is CCN(CC)Cc1cc(Nc2nc(NCCN3CCCC3)c3ccccc3n2)ccc1O. The van der Waals surface area contributed by atoms with Crippen LogP contribution >= 0.6 is 0 Å². The first-order chi connectivity index (χ1) is 15.7. The van der Waals surface area contributed by atoms with Crippen LogP contribution in [0, 0.1) is 0 Å². The number of fused-ring (bicyclic) bond motifs is 1. The van der Waals surface area contributed by atoms with Crippen LogP contribution < -0.4 is 10.6 Å². The summed E-state index contributed by atoms with van der Waals surface area (Å²) in [7, 11) is 0. The molecular formula is C25H34N6O. The number of hydrogen-bond donors (Lipinski definition) is 3. The van der Waals surface area contributed by atoms with Crippen LogP contribution in [-0.2, 0) is 6.54 Å². The van der Waals surface area contributed by atoms with Gasteiger partial charge in [-0.05, 0) is 69.4 Å². The van der Waals surface area contributed by atoms with Crippen molar-refractivity contribution in [2.45, 2.75) is 33.2 Å². The highest BCUT2D eigenvalue weighted by Crippen LogP contribution is 2.27. The van der Waals surface area contributed by atoms with Crippen molar-refractivity contribution in [2.75, 3.05) is 49.9 Å². The van der Waals surface area contributed by atoms with E-state index in [0.29, 0.717) is 18.2 Å². The lowest BCUT2D eigenvalue weighted by Crippen LogP contribution is -2.26. The number of nitrogens with zero attached hydrogens (tertiary/aromatic N) is 4. The fourth-order valence-corrected chi connectivity index (χ4v) is 4.21. The molecule has 7 nitrogen and oxygen atoms in total. The van der Waals surface area contributed by atoms with Crippen LogP contribution in [0.3, 0.4) is 0 Å². The van der Waals surface area contributed by atoms with Crippen molar-refractivity contribution in [2.24, 2.45) is 0 Å². The van der Waals surface area contributed by atoms with Crippen molar-refractivity contribution < 1.29 is 5.11 Å². The minimum absolute atomic E-state index is 0.311. The molecule has 0 radical (unpaired) electrons. The van der Waals surface area contributed by atoms with Gasteiger partial charge in [-0.15, -0.1) is 0 Å². The quantitative estimate of drug-likeness (QED) is 0.408. The Kier molecular flexibility index (Phi) is 7.39. The number of para-hydroxylation sites is 1. The second kappa shape index (κ2) is 10.6. The van der Waals surface area contributed by atoms with Crippen LogP contribution in [0.15, 0.2) is 42.5 Å². The number of likely N-dealkylation sites (tertiary alicyclic amines) is 1. The topological polar surface area (TPSA) is 76.5 Å². The first-order valence-corrected chi connectivity index (χ1v) is 11.7. The summed E-state index contributed by atoms with van der Waals surface area (Å²) in [5, 5.41) is 18.2. The zero-order valence-corrected chi connectivity index (χ0v) is 19.1. The molecule has 0 aliphatic carbocycles. The Morgan fingerprint density at radius 1 is 1.03 bits per heavy atom. The van der Waals surface area contributed by atoms with Crippen molar-refractivity contribution in [1.29, 1.82) is 0 Å². The predicted molar refractivity (Wildman–Crippen MR) is 132 cm³/mol. The number of rotatable bonds is 10. The Labute approximate surface area is 190 Å². The minimum atomic E-state index is 0.311. The van der Waals surface area contributed by atoms with E-state index in [1.54, 1.807) is 6.07 Å². The molecule has 1 aliphatic rings. The average Bonchev–Trinajstić information content (AvgIpc) is 3.33. The molecule has 7 heteroatoms. The molecule has 0 unspecified atom stereocenters. The van der Waals surface area contributed by atoms with Gasteiger partial charge in [0, 0.05) is 36.3 Å². The van der Waals surface area contributed by atoms with Gasteiger partial charge in [0.1, 0.15) is 11.6 Å². The third-order valence-corrected chi connectivity index (χ3v) is 6.15. The monoisotopic (exact) mass is 434 g/mol. The molecule has 1 aliphatic heterocycles. The number of phenols is 1. The Morgan fingerprint density at radius 3 is 2.59 bits per heavy atom. The van der Waals surface area contributed by atoms with Crippen molar-refractivity contribution in [3.8, 4) is 5.75 Å². The maximum atomic E-state index is 10.3. The van der Waals surface area contributed by atoms with Crippen LogP contribution in [0.5, 0.6) is 5.75 Å². The lowest BCUT2D eigenvalue weighted by atomic mass is 10.1. The number of hydrogen-bond acceptors (Lipinski definition) is 7. The lowest BCUT2D eigenvalue weighted by molar-refractivity contribution is 0.291. The molecule has 0 amide bonds. The summed E-state index contributed by atoms with van der Waals surface area (Å²) in [6.45, 7) is 11.1. The summed E-state index contributed by atoms with van der Waals surface area (Å²) in [6, 6.07) is 13.7. The van der Waals surface area contributed by atoms with Gasteiger partial charge in [-0.1, -0.05) is 26.0 Å². The summed E-state index contributed by atoms with van der Waals surface area (Å²) >= 11 is 0. The normalized spacial score (nSPS) is 14.3. The maximum absolute atomic E-state index is 10.3. The molecule has 0 saturated carbocycles. The van der Waals surface area contributed by atoms with E-state index in [-0.39, 0.29) is 0 Å². The number of benzene rings is 2. The van der Waals surface area contributed by atoms with Crippen LogP contribution in [0.1, 0.15) is 32.3 Å². The maximum Gasteiger partial charge on any atom is 0.229 e. The molecule has 0 atom stereocenters. The summed E-state index contributed by atoms with van der Waals surface area (Å²) < 4.78 is 0. The van der Waals surface area contributed by atoms with Crippen molar-refractivity contribution in [1.82, 2.24) is 19.8 Å². The molecule has 1 aromatic heterocycles. The molecule has 32 heavy (non-hydrogen) atoms. The zero-order valence-electron chi connectivity index (χ0n) is 19.1. The Morgan fingerprint density at radius 2 is 1.81 bits per heavy atom. The second-order valence-corrected chi connectivity index (χ2v) is 8.32. The van der Waals surface area contributed by atoms with Crippen LogP contribution in [0.25, 0.3) is 10.9 Å². The molecule has 3 N–H and O–H groups in total. The van der Waals surface area contributed by atoms with E-state index in [4.69, 9.17) is 9.97 Å². The van der Waals surface area contributed by atoms with Gasteiger partial charge in [-0.2, -0.15) is 4.98 Å². The summed E-state index contributed by atoms with van der Waals surface area (Å²) in [6.07, 6.45) is 2.60. The van der Waals surface area contributed by atoms with E-state index in [0.717, 1.165) is 54.2 Å². The van der Waals surface area contributed by atoms with E-state index in [9.17, 15) is 5.11 Å². The number of phenolic OH excluding ortho intramolecular Hbond substituents is 1. The molecule has 2 heterocycles. The van der Waals surface area contributed by atoms with E-state index in [1.807, 2.05) is 30.3 Å². The van der Waals surface area contributed by atoms with Gasteiger partial charge in [0.2, 0.25) is 5.95 Å². The highest BCUT2D eigenvalue weighted by molar-refractivity contribution is 5.90. The second-order valence-electron chi connectivity index (χ2n) is 8.32.